The first-order chi connectivity index (χ1) is 12.1. The molecule has 0 heterocycles. The maximum Gasteiger partial charge on any atom is 0.163 e. The van der Waals surface area contributed by atoms with Gasteiger partial charge in [0.1, 0.15) is 6.61 Å². The van der Waals surface area contributed by atoms with Crippen molar-refractivity contribution in [2.24, 2.45) is 0 Å². The van der Waals surface area contributed by atoms with Gasteiger partial charge in [0.25, 0.3) is 0 Å². The van der Waals surface area contributed by atoms with Crippen LogP contribution in [0.15, 0.2) is 30.3 Å². The van der Waals surface area contributed by atoms with Crippen LogP contribution in [0.2, 0.25) is 15.1 Å². The smallest absolute Gasteiger partial charge is 0.163 e. The summed E-state index contributed by atoms with van der Waals surface area (Å²) in [5, 5.41) is 5.16. The molecule has 134 valence electrons. The van der Waals surface area contributed by atoms with E-state index in [4.69, 9.17) is 44.3 Å². The molecule has 6 heteroatoms. The van der Waals surface area contributed by atoms with Gasteiger partial charge in [0.2, 0.25) is 0 Å². The second-order valence-electron chi connectivity index (χ2n) is 6.02. The molecule has 3 nitrogen and oxygen atoms in total. The van der Waals surface area contributed by atoms with Gasteiger partial charge in [-0.1, -0.05) is 40.9 Å². The van der Waals surface area contributed by atoms with Crippen molar-refractivity contribution in [2.45, 2.75) is 39.0 Å². The Hall–Kier alpha value is -1.13. The largest absolute Gasteiger partial charge is 0.490 e. The van der Waals surface area contributed by atoms with Crippen LogP contribution >= 0.6 is 34.8 Å². The van der Waals surface area contributed by atoms with E-state index in [1.54, 1.807) is 12.1 Å². The summed E-state index contributed by atoms with van der Waals surface area (Å²) in [7, 11) is 0. The van der Waals surface area contributed by atoms with Crippen molar-refractivity contribution in [1.82, 2.24) is 5.32 Å². The van der Waals surface area contributed by atoms with E-state index in [-0.39, 0.29) is 0 Å². The number of halogens is 3. The Bertz CT molecular complexity index is 748. The zero-order valence-corrected chi connectivity index (χ0v) is 16.2. The quantitative estimate of drug-likeness (QED) is 0.600. The lowest BCUT2D eigenvalue weighted by molar-refractivity contribution is 0.269. The fraction of sp³-hybridized carbons (Fsp3) is 0.368. The lowest BCUT2D eigenvalue weighted by Gasteiger charge is -2.15. The molecule has 0 aromatic heterocycles. The molecule has 3 rings (SSSR count). The van der Waals surface area contributed by atoms with Gasteiger partial charge in [0.05, 0.1) is 16.7 Å². The summed E-state index contributed by atoms with van der Waals surface area (Å²) in [5.74, 6) is 1.31. The van der Waals surface area contributed by atoms with Gasteiger partial charge in [-0.15, -0.1) is 0 Å². The van der Waals surface area contributed by atoms with Crippen molar-refractivity contribution in [3.05, 3.63) is 56.5 Å². The summed E-state index contributed by atoms with van der Waals surface area (Å²) < 4.78 is 11.6. The zero-order chi connectivity index (χ0) is 17.8. The normalized spacial score (nSPS) is 13.8. The molecule has 0 saturated heterocycles. The highest BCUT2D eigenvalue weighted by Gasteiger charge is 2.21. The Morgan fingerprint density at radius 2 is 1.72 bits per heavy atom. The molecule has 0 atom stereocenters. The second kappa shape index (κ2) is 8.50. The highest BCUT2D eigenvalue weighted by atomic mass is 35.5. The van der Waals surface area contributed by atoms with E-state index in [0.29, 0.717) is 45.8 Å². The molecule has 1 saturated carbocycles. The Balaban J connectivity index is 1.73. The number of ether oxygens (including phenoxy) is 2. The molecule has 0 radical (unpaired) electrons. The minimum absolute atomic E-state index is 0.354. The molecule has 0 spiro atoms. The first-order valence-electron chi connectivity index (χ1n) is 8.32. The molecular formula is C19H20Cl3NO2. The van der Waals surface area contributed by atoms with Gasteiger partial charge in [-0.2, -0.15) is 0 Å². The molecule has 0 amide bonds. The van der Waals surface area contributed by atoms with E-state index >= 15 is 0 Å². The van der Waals surface area contributed by atoms with Gasteiger partial charge in [-0.3, -0.25) is 0 Å². The van der Waals surface area contributed by atoms with Crippen LogP contribution in [0, 0.1) is 0 Å². The minimum Gasteiger partial charge on any atom is -0.490 e. The molecule has 0 bridgehead atoms. The van der Waals surface area contributed by atoms with Crippen LogP contribution < -0.4 is 14.8 Å². The fourth-order valence-electron chi connectivity index (χ4n) is 2.43. The van der Waals surface area contributed by atoms with Crippen molar-refractivity contribution in [2.75, 3.05) is 6.61 Å². The van der Waals surface area contributed by atoms with Crippen molar-refractivity contribution in [1.29, 1.82) is 0 Å². The summed E-state index contributed by atoms with van der Waals surface area (Å²) in [4.78, 5) is 0. The maximum absolute atomic E-state index is 6.42. The van der Waals surface area contributed by atoms with E-state index in [1.165, 1.54) is 12.8 Å². The average molecular weight is 401 g/mol. The van der Waals surface area contributed by atoms with Gasteiger partial charge >= 0.3 is 0 Å². The molecule has 1 N–H and O–H groups in total. The standard InChI is InChI=1S/C19H20Cl3NO2/c1-2-24-18-8-13(10-23-14-4-5-14)16(21)9-19(18)25-11-12-3-6-15(20)17(22)7-12/h3,6-9,14,23H,2,4-5,10-11H2,1H3. The van der Waals surface area contributed by atoms with Crippen molar-refractivity contribution >= 4 is 34.8 Å². The van der Waals surface area contributed by atoms with E-state index in [2.05, 4.69) is 5.32 Å². The summed E-state index contributed by atoms with van der Waals surface area (Å²) in [5.41, 5.74) is 1.94. The van der Waals surface area contributed by atoms with Crippen LogP contribution in [-0.4, -0.2) is 12.6 Å². The van der Waals surface area contributed by atoms with Crippen molar-refractivity contribution < 1.29 is 9.47 Å². The lowest BCUT2D eigenvalue weighted by atomic mass is 10.2. The first kappa shape index (κ1) is 18.7. The zero-order valence-electron chi connectivity index (χ0n) is 14.0. The van der Waals surface area contributed by atoms with Crippen LogP contribution in [0.1, 0.15) is 30.9 Å². The van der Waals surface area contributed by atoms with Crippen LogP contribution in [0.3, 0.4) is 0 Å². The third-order valence-corrected chi connectivity index (χ3v) is 5.04. The number of nitrogens with one attached hydrogen (secondary N) is 1. The van der Waals surface area contributed by atoms with Crippen LogP contribution in [-0.2, 0) is 13.2 Å². The lowest BCUT2D eigenvalue weighted by Crippen LogP contribution is -2.15. The number of hydrogen-bond acceptors (Lipinski definition) is 3. The molecular weight excluding hydrogens is 381 g/mol. The van der Waals surface area contributed by atoms with E-state index in [1.807, 2.05) is 25.1 Å². The molecule has 1 aliphatic carbocycles. The van der Waals surface area contributed by atoms with Crippen molar-refractivity contribution in [3.63, 3.8) is 0 Å². The van der Waals surface area contributed by atoms with E-state index in [9.17, 15) is 0 Å². The van der Waals surface area contributed by atoms with Gasteiger partial charge in [0.15, 0.2) is 11.5 Å². The maximum atomic E-state index is 6.42. The molecule has 25 heavy (non-hydrogen) atoms. The summed E-state index contributed by atoms with van der Waals surface area (Å²) in [6.45, 7) is 3.59. The SMILES string of the molecule is CCOc1cc(CNC2CC2)c(Cl)cc1OCc1ccc(Cl)c(Cl)c1. The monoisotopic (exact) mass is 399 g/mol. The third-order valence-electron chi connectivity index (χ3n) is 3.95. The highest BCUT2D eigenvalue weighted by molar-refractivity contribution is 6.42. The van der Waals surface area contributed by atoms with Gasteiger partial charge in [-0.25, -0.2) is 0 Å². The predicted molar refractivity (Wildman–Crippen MR) is 103 cm³/mol. The van der Waals surface area contributed by atoms with E-state index < -0.39 is 0 Å². The molecule has 1 aliphatic rings. The third kappa shape index (κ3) is 5.18. The van der Waals surface area contributed by atoms with Crippen LogP contribution in [0.5, 0.6) is 11.5 Å². The number of rotatable bonds is 8. The highest BCUT2D eigenvalue weighted by Crippen LogP contribution is 2.35. The van der Waals surface area contributed by atoms with Gasteiger partial charge in [-0.05, 0) is 49.1 Å². The molecule has 2 aromatic carbocycles. The second-order valence-corrected chi connectivity index (χ2v) is 7.24. The topological polar surface area (TPSA) is 30.5 Å². The first-order valence-corrected chi connectivity index (χ1v) is 9.45. The van der Waals surface area contributed by atoms with Gasteiger partial charge < -0.3 is 14.8 Å². The molecule has 0 unspecified atom stereocenters. The molecule has 1 fully saturated rings. The Labute approximate surface area is 163 Å². The number of hydrogen-bond donors (Lipinski definition) is 1. The molecule has 0 aliphatic heterocycles. The Morgan fingerprint density at radius 3 is 2.40 bits per heavy atom. The Morgan fingerprint density at radius 1 is 0.960 bits per heavy atom. The summed E-state index contributed by atoms with van der Waals surface area (Å²) in [6, 6.07) is 9.81. The number of benzene rings is 2. The fourth-order valence-corrected chi connectivity index (χ4v) is 2.97. The average Bonchev–Trinajstić information content (AvgIpc) is 3.41. The minimum atomic E-state index is 0.354. The van der Waals surface area contributed by atoms with Crippen LogP contribution in [0.25, 0.3) is 0 Å². The summed E-state index contributed by atoms with van der Waals surface area (Å²) >= 11 is 18.4. The van der Waals surface area contributed by atoms with Crippen molar-refractivity contribution in [3.8, 4) is 11.5 Å². The van der Waals surface area contributed by atoms with E-state index in [0.717, 1.165) is 17.7 Å². The Kier molecular flexibility index (Phi) is 6.34. The van der Waals surface area contributed by atoms with Crippen LogP contribution in [0.4, 0.5) is 0 Å². The predicted octanol–water partition coefficient (Wildman–Crippen LogP) is 5.88. The molecule has 2 aromatic rings. The van der Waals surface area contributed by atoms with Gasteiger partial charge in [0, 0.05) is 23.7 Å². The summed E-state index contributed by atoms with van der Waals surface area (Å²) in [6.07, 6.45) is 2.47.